The summed E-state index contributed by atoms with van der Waals surface area (Å²) >= 11 is 0. The first-order valence-corrected chi connectivity index (χ1v) is 7.69. The van der Waals surface area contributed by atoms with Crippen molar-refractivity contribution < 1.29 is 14.6 Å². The quantitative estimate of drug-likeness (QED) is 0.818. The van der Waals surface area contributed by atoms with Gasteiger partial charge < -0.3 is 14.7 Å². The fraction of sp³-hybridized carbons (Fsp3) is 0.588. The van der Waals surface area contributed by atoms with Gasteiger partial charge in [-0.1, -0.05) is 6.92 Å². The third kappa shape index (κ3) is 5.14. The van der Waals surface area contributed by atoms with Gasteiger partial charge in [-0.05, 0) is 63.0 Å². The van der Waals surface area contributed by atoms with Crippen LogP contribution < -0.4 is 4.74 Å². The van der Waals surface area contributed by atoms with Crippen molar-refractivity contribution in [3.8, 4) is 5.75 Å². The average molecular weight is 291 g/mol. The molecule has 1 saturated heterocycles. The van der Waals surface area contributed by atoms with E-state index in [1.54, 1.807) is 31.2 Å². The molecular formula is C17H25NO3. The van der Waals surface area contributed by atoms with Crippen molar-refractivity contribution >= 4 is 5.78 Å². The number of aliphatic hydroxyl groups is 1. The van der Waals surface area contributed by atoms with E-state index < -0.39 is 6.10 Å². The van der Waals surface area contributed by atoms with Gasteiger partial charge >= 0.3 is 0 Å². The van der Waals surface area contributed by atoms with Crippen molar-refractivity contribution in [2.75, 3.05) is 26.2 Å². The van der Waals surface area contributed by atoms with Gasteiger partial charge in [0.2, 0.25) is 0 Å². The molecule has 0 aliphatic carbocycles. The van der Waals surface area contributed by atoms with Crippen molar-refractivity contribution in [3.63, 3.8) is 0 Å². The molecule has 0 saturated carbocycles. The Morgan fingerprint density at radius 3 is 2.52 bits per heavy atom. The van der Waals surface area contributed by atoms with E-state index >= 15 is 0 Å². The number of hydrogen-bond acceptors (Lipinski definition) is 4. The minimum Gasteiger partial charge on any atom is -0.491 e. The molecule has 2 rings (SSSR count). The van der Waals surface area contributed by atoms with Crippen LogP contribution in [0.15, 0.2) is 24.3 Å². The second kappa shape index (κ2) is 7.57. The zero-order valence-electron chi connectivity index (χ0n) is 12.9. The largest absolute Gasteiger partial charge is 0.491 e. The number of aliphatic hydroxyl groups excluding tert-OH is 1. The number of benzene rings is 1. The third-order valence-electron chi connectivity index (χ3n) is 4.05. The average Bonchev–Trinajstić information content (AvgIpc) is 2.48. The summed E-state index contributed by atoms with van der Waals surface area (Å²) < 4.78 is 5.58. The molecule has 116 valence electrons. The van der Waals surface area contributed by atoms with Crippen molar-refractivity contribution in [1.29, 1.82) is 0 Å². The highest BCUT2D eigenvalue weighted by Crippen LogP contribution is 2.16. The summed E-state index contributed by atoms with van der Waals surface area (Å²) in [5, 5.41) is 10.1. The molecule has 0 unspecified atom stereocenters. The van der Waals surface area contributed by atoms with Gasteiger partial charge in [0, 0.05) is 12.1 Å². The molecule has 1 aromatic carbocycles. The van der Waals surface area contributed by atoms with Crippen LogP contribution in [0.3, 0.4) is 0 Å². The van der Waals surface area contributed by atoms with E-state index in [-0.39, 0.29) is 12.4 Å². The molecule has 1 atom stereocenters. The molecule has 1 aliphatic rings. The second-order valence-corrected chi connectivity index (χ2v) is 6.03. The number of piperidine rings is 1. The van der Waals surface area contributed by atoms with Crippen molar-refractivity contribution in [1.82, 2.24) is 4.90 Å². The number of ketones is 1. The summed E-state index contributed by atoms with van der Waals surface area (Å²) in [5.74, 6) is 1.53. The highest BCUT2D eigenvalue weighted by molar-refractivity contribution is 5.94. The number of β-amino-alcohol motifs (C(OH)–C–C–N with tert-alkyl or cyclic N) is 1. The van der Waals surface area contributed by atoms with Gasteiger partial charge in [0.15, 0.2) is 5.78 Å². The summed E-state index contributed by atoms with van der Waals surface area (Å²) in [6.07, 6.45) is 1.94. The molecule has 0 aromatic heterocycles. The summed E-state index contributed by atoms with van der Waals surface area (Å²) in [7, 11) is 0. The predicted molar refractivity (Wildman–Crippen MR) is 82.8 cm³/mol. The molecular weight excluding hydrogens is 266 g/mol. The third-order valence-corrected chi connectivity index (χ3v) is 4.05. The minimum absolute atomic E-state index is 0.0425. The molecule has 0 amide bonds. The van der Waals surface area contributed by atoms with Gasteiger partial charge in [-0.25, -0.2) is 0 Å². The fourth-order valence-corrected chi connectivity index (χ4v) is 2.57. The molecule has 1 fully saturated rings. The summed E-state index contributed by atoms with van der Waals surface area (Å²) in [4.78, 5) is 13.5. The van der Waals surface area contributed by atoms with Crippen LogP contribution in [0.25, 0.3) is 0 Å². The minimum atomic E-state index is -0.481. The van der Waals surface area contributed by atoms with E-state index in [9.17, 15) is 9.90 Å². The Bertz CT molecular complexity index is 450. The van der Waals surface area contributed by atoms with Gasteiger partial charge in [-0.3, -0.25) is 4.79 Å². The van der Waals surface area contributed by atoms with Crippen molar-refractivity contribution in [2.24, 2.45) is 5.92 Å². The lowest BCUT2D eigenvalue weighted by Crippen LogP contribution is -2.40. The number of ether oxygens (including phenoxy) is 1. The van der Waals surface area contributed by atoms with E-state index in [0.717, 1.165) is 19.0 Å². The summed E-state index contributed by atoms with van der Waals surface area (Å²) in [6.45, 7) is 6.89. The highest BCUT2D eigenvalue weighted by atomic mass is 16.5. The molecule has 4 nitrogen and oxygen atoms in total. The van der Waals surface area contributed by atoms with Crippen molar-refractivity contribution in [2.45, 2.75) is 32.8 Å². The van der Waals surface area contributed by atoms with E-state index in [0.29, 0.717) is 17.9 Å². The number of likely N-dealkylation sites (tertiary alicyclic amines) is 1. The number of rotatable bonds is 6. The molecule has 4 heteroatoms. The topological polar surface area (TPSA) is 49.8 Å². The lowest BCUT2D eigenvalue weighted by Gasteiger charge is -2.31. The SMILES string of the molecule is CC(=O)c1ccc(OC[C@@H](O)CN2CCC(C)CC2)cc1. The Kier molecular flexibility index (Phi) is 5.76. The molecule has 1 aromatic rings. The zero-order chi connectivity index (χ0) is 15.2. The van der Waals surface area contributed by atoms with Crippen LogP contribution >= 0.6 is 0 Å². The fourth-order valence-electron chi connectivity index (χ4n) is 2.57. The lowest BCUT2D eigenvalue weighted by molar-refractivity contribution is 0.0563. The lowest BCUT2D eigenvalue weighted by atomic mass is 9.99. The Morgan fingerprint density at radius 2 is 1.95 bits per heavy atom. The van der Waals surface area contributed by atoms with Gasteiger partial charge in [-0.15, -0.1) is 0 Å². The molecule has 21 heavy (non-hydrogen) atoms. The highest BCUT2D eigenvalue weighted by Gasteiger charge is 2.18. The first-order chi connectivity index (χ1) is 10.0. The van der Waals surface area contributed by atoms with Crippen LogP contribution in [0, 0.1) is 5.92 Å². The molecule has 0 radical (unpaired) electrons. The van der Waals surface area contributed by atoms with Crippen LogP contribution in [-0.4, -0.2) is 48.1 Å². The zero-order valence-corrected chi connectivity index (χ0v) is 12.9. The van der Waals surface area contributed by atoms with Crippen LogP contribution in [0.2, 0.25) is 0 Å². The number of hydrogen-bond donors (Lipinski definition) is 1. The van der Waals surface area contributed by atoms with Crippen molar-refractivity contribution in [3.05, 3.63) is 29.8 Å². The Morgan fingerprint density at radius 1 is 1.33 bits per heavy atom. The Balaban J connectivity index is 1.73. The molecule has 1 N–H and O–H groups in total. The normalized spacial score (nSPS) is 18.4. The van der Waals surface area contributed by atoms with Gasteiger partial charge in [-0.2, -0.15) is 0 Å². The predicted octanol–water partition coefficient (Wildman–Crippen LogP) is 2.36. The van der Waals surface area contributed by atoms with Crippen LogP contribution in [0.4, 0.5) is 0 Å². The maximum Gasteiger partial charge on any atom is 0.159 e. The maximum atomic E-state index is 11.2. The number of Topliss-reactive ketones (excluding diaryl/α,β-unsaturated/α-hetero) is 1. The van der Waals surface area contributed by atoms with E-state index in [1.807, 2.05) is 0 Å². The van der Waals surface area contributed by atoms with Gasteiger partial charge in [0.25, 0.3) is 0 Å². The van der Waals surface area contributed by atoms with Crippen LogP contribution in [0.1, 0.15) is 37.0 Å². The monoisotopic (exact) mass is 291 g/mol. The second-order valence-electron chi connectivity index (χ2n) is 6.03. The van der Waals surface area contributed by atoms with E-state index in [2.05, 4.69) is 11.8 Å². The standard InChI is InChI=1S/C17H25NO3/c1-13-7-9-18(10-8-13)11-16(20)12-21-17-5-3-15(4-6-17)14(2)19/h3-6,13,16,20H,7-12H2,1-2H3/t16-/m0/s1. The number of carbonyl (C=O) groups excluding carboxylic acids is 1. The van der Waals surface area contributed by atoms with Crippen LogP contribution in [-0.2, 0) is 0 Å². The molecule has 1 aliphatic heterocycles. The van der Waals surface area contributed by atoms with E-state index in [4.69, 9.17) is 4.74 Å². The summed E-state index contributed by atoms with van der Waals surface area (Å²) in [5.41, 5.74) is 0.672. The molecule has 0 spiro atoms. The first kappa shape index (κ1) is 16.0. The van der Waals surface area contributed by atoms with E-state index in [1.165, 1.54) is 12.8 Å². The smallest absolute Gasteiger partial charge is 0.159 e. The maximum absolute atomic E-state index is 11.2. The summed E-state index contributed by atoms with van der Waals surface area (Å²) in [6, 6.07) is 7.03. The van der Waals surface area contributed by atoms with Crippen LogP contribution in [0.5, 0.6) is 5.75 Å². The van der Waals surface area contributed by atoms with Gasteiger partial charge in [0.1, 0.15) is 18.5 Å². The first-order valence-electron chi connectivity index (χ1n) is 7.69. The number of nitrogens with zero attached hydrogens (tertiary/aromatic N) is 1. The van der Waals surface area contributed by atoms with Gasteiger partial charge in [0.05, 0.1) is 0 Å². The Hall–Kier alpha value is -1.39. The Labute approximate surface area is 126 Å². The molecule has 1 heterocycles. The molecule has 0 bridgehead atoms. The number of carbonyl (C=O) groups is 1.